The Hall–Kier alpha value is -2.24. The van der Waals surface area contributed by atoms with Crippen LogP contribution in [0.25, 0.3) is 0 Å². The molecular formula is C21H33N3O3. The van der Waals surface area contributed by atoms with Gasteiger partial charge >= 0.3 is 5.97 Å². The van der Waals surface area contributed by atoms with E-state index in [4.69, 9.17) is 9.47 Å². The van der Waals surface area contributed by atoms with Crippen LogP contribution in [-0.4, -0.2) is 57.2 Å². The first-order valence-corrected chi connectivity index (χ1v) is 9.68. The maximum absolute atomic E-state index is 11.9. The van der Waals surface area contributed by atoms with E-state index in [1.807, 2.05) is 19.1 Å². The van der Waals surface area contributed by atoms with Gasteiger partial charge in [-0.3, -0.25) is 9.79 Å². The molecule has 1 aliphatic rings. The smallest absolute Gasteiger partial charge is 0.309 e. The number of rotatable bonds is 6. The number of carbonyl (C=O) groups excluding carboxylic acids is 1. The van der Waals surface area contributed by atoms with Crippen LogP contribution in [0.3, 0.4) is 0 Å². The number of aliphatic imine (C=N–C) groups is 1. The fourth-order valence-electron chi connectivity index (χ4n) is 3.37. The van der Waals surface area contributed by atoms with Crippen molar-refractivity contribution in [1.82, 2.24) is 10.2 Å². The summed E-state index contributed by atoms with van der Waals surface area (Å²) in [5.41, 5.74) is 1.14. The van der Waals surface area contributed by atoms with Crippen LogP contribution in [0, 0.1) is 5.92 Å². The molecule has 1 heterocycles. The topological polar surface area (TPSA) is 63.2 Å². The average molecular weight is 376 g/mol. The molecule has 0 aromatic heterocycles. The molecule has 6 nitrogen and oxygen atoms in total. The lowest BCUT2D eigenvalue weighted by Crippen LogP contribution is -2.49. The molecule has 0 atom stereocenters. The highest BCUT2D eigenvalue weighted by atomic mass is 16.5. The highest BCUT2D eigenvalue weighted by molar-refractivity contribution is 5.80. The summed E-state index contributed by atoms with van der Waals surface area (Å²) in [5.74, 6) is 1.69. The highest BCUT2D eigenvalue weighted by Gasteiger charge is 2.28. The predicted molar refractivity (Wildman–Crippen MR) is 108 cm³/mol. The number of hydrogen-bond donors (Lipinski definition) is 1. The van der Waals surface area contributed by atoms with Gasteiger partial charge in [0.2, 0.25) is 0 Å². The molecule has 1 N–H and O–H groups in total. The number of nitrogens with one attached hydrogen (secondary N) is 1. The Morgan fingerprint density at radius 1 is 1.33 bits per heavy atom. The lowest BCUT2D eigenvalue weighted by molar-refractivity contribution is -0.149. The molecule has 0 aliphatic carbocycles. The minimum absolute atomic E-state index is 0.00697. The monoisotopic (exact) mass is 375 g/mol. The first kappa shape index (κ1) is 21.1. The Labute approximate surface area is 162 Å². The van der Waals surface area contributed by atoms with Crippen LogP contribution in [0.1, 0.15) is 39.2 Å². The van der Waals surface area contributed by atoms with Crippen LogP contribution in [0.2, 0.25) is 0 Å². The largest absolute Gasteiger partial charge is 0.497 e. The number of hydrogen-bond acceptors (Lipinski definition) is 4. The molecule has 0 radical (unpaired) electrons. The van der Waals surface area contributed by atoms with E-state index in [0.717, 1.165) is 44.2 Å². The van der Waals surface area contributed by atoms with Gasteiger partial charge in [-0.2, -0.15) is 0 Å². The number of likely N-dealkylation sites (tertiary alicyclic amines) is 1. The van der Waals surface area contributed by atoms with Crippen molar-refractivity contribution in [1.29, 1.82) is 0 Å². The molecule has 27 heavy (non-hydrogen) atoms. The lowest BCUT2D eigenvalue weighted by Gasteiger charge is -2.35. The summed E-state index contributed by atoms with van der Waals surface area (Å²) >= 11 is 0. The maximum Gasteiger partial charge on any atom is 0.309 e. The zero-order chi connectivity index (χ0) is 19.9. The van der Waals surface area contributed by atoms with Gasteiger partial charge in [-0.15, -0.1) is 0 Å². The van der Waals surface area contributed by atoms with Crippen LogP contribution in [0.5, 0.6) is 5.75 Å². The van der Waals surface area contributed by atoms with E-state index in [0.29, 0.717) is 6.61 Å². The van der Waals surface area contributed by atoms with E-state index in [2.05, 4.69) is 41.2 Å². The molecule has 1 aromatic rings. The maximum atomic E-state index is 11.9. The third-order valence-electron chi connectivity index (χ3n) is 5.17. The SMILES string of the molecule is CCOC(=O)C1CCN(C(=NC)NCC(C)(C)c2cccc(OC)c2)CC1. The van der Waals surface area contributed by atoms with E-state index in [1.54, 1.807) is 14.2 Å². The molecule has 2 rings (SSSR count). The van der Waals surface area contributed by atoms with Gasteiger partial charge in [0.1, 0.15) is 5.75 Å². The Morgan fingerprint density at radius 2 is 2.04 bits per heavy atom. The first-order valence-electron chi connectivity index (χ1n) is 9.68. The van der Waals surface area contributed by atoms with Gasteiger partial charge in [0.05, 0.1) is 19.6 Å². The van der Waals surface area contributed by atoms with Crippen LogP contribution in [0.4, 0.5) is 0 Å². The average Bonchev–Trinajstić information content (AvgIpc) is 2.69. The predicted octanol–water partition coefficient (Wildman–Crippen LogP) is 2.82. The number of guanidine groups is 1. The van der Waals surface area contributed by atoms with Crippen LogP contribution < -0.4 is 10.1 Å². The van der Waals surface area contributed by atoms with Gasteiger partial charge in [-0.25, -0.2) is 0 Å². The second kappa shape index (κ2) is 9.62. The number of carbonyl (C=O) groups is 1. The molecule has 0 saturated carbocycles. The minimum atomic E-state index is -0.0757. The van der Waals surface area contributed by atoms with E-state index >= 15 is 0 Å². The molecule has 0 unspecified atom stereocenters. The van der Waals surface area contributed by atoms with Gasteiger partial charge in [-0.05, 0) is 37.5 Å². The van der Waals surface area contributed by atoms with E-state index < -0.39 is 0 Å². The van der Waals surface area contributed by atoms with Crippen molar-refractivity contribution >= 4 is 11.9 Å². The second-order valence-electron chi connectivity index (χ2n) is 7.53. The molecule has 1 aliphatic heterocycles. The summed E-state index contributed by atoms with van der Waals surface area (Å²) in [5, 5.41) is 3.50. The zero-order valence-corrected chi connectivity index (χ0v) is 17.2. The molecular weight excluding hydrogens is 342 g/mol. The summed E-state index contributed by atoms with van der Waals surface area (Å²) < 4.78 is 10.5. The van der Waals surface area contributed by atoms with Crippen molar-refractivity contribution in [3.8, 4) is 5.75 Å². The molecule has 0 amide bonds. The zero-order valence-electron chi connectivity index (χ0n) is 17.2. The second-order valence-corrected chi connectivity index (χ2v) is 7.53. The van der Waals surface area contributed by atoms with Gasteiger partial charge < -0.3 is 19.7 Å². The van der Waals surface area contributed by atoms with Gasteiger partial charge in [0.25, 0.3) is 0 Å². The summed E-state index contributed by atoms with van der Waals surface area (Å²) in [7, 11) is 3.49. The first-order chi connectivity index (χ1) is 12.9. The van der Waals surface area contributed by atoms with Crippen molar-refractivity contribution < 1.29 is 14.3 Å². The highest BCUT2D eigenvalue weighted by Crippen LogP contribution is 2.26. The summed E-state index contributed by atoms with van der Waals surface area (Å²) in [6.07, 6.45) is 1.61. The number of benzene rings is 1. The standard InChI is InChI=1S/C21H33N3O3/c1-6-27-19(25)16-10-12-24(13-11-16)20(22-4)23-15-21(2,3)17-8-7-9-18(14-17)26-5/h7-9,14,16H,6,10-13,15H2,1-5H3,(H,22,23). The molecule has 150 valence electrons. The third kappa shape index (κ3) is 5.62. The van der Waals surface area contributed by atoms with E-state index in [1.165, 1.54) is 5.56 Å². The summed E-state index contributed by atoms with van der Waals surface area (Å²) in [4.78, 5) is 18.6. The van der Waals surface area contributed by atoms with Crippen molar-refractivity contribution in [3.63, 3.8) is 0 Å². The number of methoxy groups -OCH3 is 1. The number of esters is 1. The minimum Gasteiger partial charge on any atom is -0.497 e. The Morgan fingerprint density at radius 3 is 2.63 bits per heavy atom. The van der Waals surface area contributed by atoms with Crippen LogP contribution in [-0.2, 0) is 14.9 Å². The number of ether oxygens (including phenoxy) is 2. The van der Waals surface area contributed by atoms with Crippen LogP contribution in [0.15, 0.2) is 29.3 Å². The number of piperidine rings is 1. The fraction of sp³-hybridized carbons (Fsp3) is 0.619. The summed E-state index contributed by atoms with van der Waals surface area (Å²) in [6, 6.07) is 8.18. The van der Waals surface area contributed by atoms with Gasteiger partial charge in [0.15, 0.2) is 5.96 Å². The molecule has 1 fully saturated rings. The molecule has 0 spiro atoms. The Bertz CT molecular complexity index is 650. The van der Waals surface area contributed by atoms with Crippen LogP contribution >= 0.6 is 0 Å². The molecule has 1 aromatic carbocycles. The van der Waals surface area contributed by atoms with Crippen molar-refractivity contribution in [2.75, 3.05) is 40.4 Å². The van der Waals surface area contributed by atoms with Gasteiger partial charge in [0, 0.05) is 32.1 Å². The summed E-state index contributed by atoms with van der Waals surface area (Å²) in [6.45, 7) is 9.07. The van der Waals surface area contributed by atoms with E-state index in [-0.39, 0.29) is 17.3 Å². The fourth-order valence-corrected chi connectivity index (χ4v) is 3.37. The third-order valence-corrected chi connectivity index (χ3v) is 5.17. The normalized spacial score (nSPS) is 16.2. The quantitative estimate of drug-likeness (QED) is 0.471. The van der Waals surface area contributed by atoms with Gasteiger partial charge in [-0.1, -0.05) is 26.0 Å². The Balaban J connectivity index is 1.92. The molecule has 0 bridgehead atoms. The number of nitrogens with zero attached hydrogens (tertiary/aromatic N) is 2. The van der Waals surface area contributed by atoms with Crippen molar-refractivity contribution in [3.05, 3.63) is 29.8 Å². The molecule has 1 saturated heterocycles. The van der Waals surface area contributed by atoms with Crippen molar-refractivity contribution in [2.45, 2.75) is 39.0 Å². The lowest BCUT2D eigenvalue weighted by atomic mass is 9.84. The Kier molecular flexibility index (Phi) is 7.51. The van der Waals surface area contributed by atoms with Crippen molar-refractivity contribution in [2.24, 2.45) is 10.9 Å². The molecule has 6 heteroatoms. The van der Waals surface area contributed by atoms with E-state index in [9.17, 15) is 4.79 Å².